The number of fused-ring (bicyclic) bond motifs is 1. The molecule has 0 aliphatic rings. The predicted molar refractivity (Wildman–Crippen MR) is 73.8 cm³/mol. The van der Waals surface area contributed by atoms with E-state index in [1.165, 1.54) is 12.1 Å². The lowest BCUT2D eigenvalue weighted by molar-refractivity contribution is 0.409. The Morgan fingerprint density at radius 3 is 2.71 bits per heavy atom. The number of aromatic hydroxyl groups is 1. The Kier molecular flexibility index (Phi) is 2.99. The minimum atomic E-state index is -0.552. The molecule has 1 heterocycles. The number of nitrogens with zero attached hydrogens (tertiary/aromatic N) is 1. The summed E-state index contributed by atoms with van der Waals surface area (Å²) in [5.74, 6) is -0.123. The van der Waals surface area contributed by atoms with Crippen molar-refractivity contribution in [2.45, 2.75) is 6.92 Å². The summed E-state index contributed by atoms with van der Waals surface area (Å²) >= 11 is 0. The number of halogens is 1. The molecular weight excluding hydrogens is 273 g/mol. The van der Waals surface area contributed by atoms with Crippen LogP contribution in [0.2, 0.25) is 0 Å². The molecule has 3 aromatic rings. The molecule has 0 aliphatic carbocycles. The predicted octanol–water partition coefficient (Wildman–Crippen LogP) is 4.25. The lowest BCUT2D eigenvalue weighted by Crippen LogP contribution is -1.87. The molecule has 3 rings (SSSR count). The van der Waals surface area contributed by atoms with Crippen molar-refractivity contribution in [2.24, 2.45) is 0 Å². The third kappa shape index (κ3) is 2.39. The SMILES string of the molecule is Cc1cc(Oc2ccc(F)cc2O)c2cc(C#N)oc2c1. The quantitative estimate of drug-likeness (QED) is 0.763. The molecule has 0 unspecified atom stereocenters. The summed E-state index contributed by atoms with van der Waals surface area (Å²) in [6.07, 6.45) is 0. The lowest BCUT2D eigenvalue weighted by atomic mass is 10.1. The van der Waals surface area contributed by atoms with E-state index < -0.39 is 5.82 Å². The van der Waals surface area contributed by atoms with Crippen molar-refractivity contribution in [2.75, 3.05) is 0 Å². The van der Waals surface area contributed by atoms with Gasteiger partial charge in [-0.2, -0.15) is 5.26 Å². The van der Waals surface area contributed by atoms with Crippen LogP contribution < -0.4 is 4.74 Å². The zero-order chi connectivity index (χ0) is 15.0. The van der Waals surface area contributed by atoms with Crippen molar-refractivity contribution in [3.63, 3.8) is 0 Å². The van der Waals surface area contributed by atoms with Crippen LogP contribution in [0, 0.1) is 24.1 Å². The van der Waals surface area contributed by atoms with Gasteiger partial charge < -0.3 is 14.3 Å². The first-order valence-electron chi connectivity index (χ1n) is 6.17. The number of hydrogen-bond donors (Lipinski definition) is 1. The van der Waals surface area contributed by atoms with Crippen LogP contribution in [0.25, 0.3) is 11.0 Å². The topological polar surface area (TPSA) is 66.4 Å². The first kappa shape index (κ1) is 13.0. The molecule has 1 N–H and O–H groups in total. The fraction of sp³-hybridized carbons (Fsp3) is 0.0625. The van der Waals surface area contributed by atoms with E-state index in [4.69, 9.17) is 14.4 Å². The van der Waals surface area contributed by atoms with Gasteiger partial charge in [0.2, 0.25) is 5.76 Å². The number of rotatable bonds is 2. The van der Waals surface area contributed by atoms with Crippen LogP contribution in [-0.2, 0) is 0 Å². The Balaban J connectivity index is 2.11. The van der Waals surface area contributed by atoms with Gasteiger partial charge >= 0.3 is 0 Å². The molecular formula is C16H10FNO3. The third-order valence-electron chi connectivity index (χ3n) is 2.99. The van der Waals surface area contributed by atoms with E-state index in [-0.39, 0.29) is 17.3 Å². The number of nitriles is 1. The summed E-state index contributed by atoms with van der Waals surface area (Å²) in [5.41, 5.74) is 1.39. The van der Waals surface area contributed by atoms with Gasteiger partial charge in [0.25, 0.3) is 0 Å². The van der Waals surface area contributed by atoms with Gasteiger partial charge in [-0.25, -0.2) is 4.39 Å². The molecule has 0 atom stereocenters. The molecule has 0 amide bonds. The molecule has 21 heavy (non-hydrogen) atoms. The third-order valence-corrected chi connectivity index (χ3v) is 2.99. The first-order chi connectivity index (χ1) is 10.1. The standard InChI is InChI=1S/C16H10FNO3/c1-9-4-15-12(7-11(8-18)20-15)16(5-9)21-14-3-2-10(17)6-13(14)19/h2-7,19H,1H3. The second-order valence-electron chi connectivity index (χ2n) is 4.61. The van der Waals surface area contributed by atoms with E-state index in [1.54, 1.807) is 18.2 Å². The summed E-state index contributed by atoms with van der Waals surface area (Å²) in [6, 6.07) is 10.5. The average molecular weight is 283 g/mol. The van der Waals surface area contributed by atoms with Crippen LogP contribution in [0.4, 0.5) is 4.39 Å². The number of furan rings is 1. The number of ether oxygens (including phenoxy) is 1. The number of phenols is 1. The van der Waals surface area contributed by atoms with Gasteiger partial charge in [0, 0.05) is 12.1 Å². The van der Waals surface area contributed by atoms with Crippen molar-refractivity contribution >= 4 is 11.0 Å². The second kappa shape index (κ2) is 4.84. The highest BCUT2D eigenvalue weighted by molar-refractivity contribution is 5.86. The summed E-state index contributed by atoms with van der Waals surface area (Å²) < 4.78 is 24.0. The Morgan fingerprint density at radius 1 is 1.19 bits per heavy atom. The Labute approximate surface area is 119 Å². The van der Waals surface area contributed by atoms with Gasteiger partial charge in [0.15, 0.2) is 11.5 Å². The monoisotopic (exact) mass is 283 g/mol. The molecule has 2 aromatic carbocycles. The summed E-state index contributed by atoms with van der Waals surface area (Å²) in [6.45, 7) is 1.85. The number of phenolic OH excluding ortho intramolecular Hbond substituents is 1. The second-order valence-corrected chi connectivity index (χ2v) is 4.61. The van der Waals surface area contributed by atoms with Gasteiger partial charge in [0.1, 0.15) is 23.2 Å². The van der Waals surface area contributed by atoms with Crippen LogP contribution in [-0.4, -0.2) is 5.11 Å². The highest BCUT2D eigenvalue weighted by Crippen LogP contribution is 2.36. The van der Waals surface area contributed by atoms with Gasteiger partial charge in [-0.1, -0.05) is 0 Å². The van der Waals surface area contributed by atoms with Crippen LogP contribution >= 0.6 is 0 Å². The number of hydrogen-bond acceptors (Lipinski definition) is 4. The Bertz CT molecular complexity index is 877. The van der Waals surface area contributed by atoms with E-state index in [2.05, 4.69) is 0 Å². The highest BCUT2D eigenvalue weighted by Gasteiger charge is 2.13. The highest BCUT2D eigenvalue weighted by atomic mass is 19.1. The zero-order valence-corrected chi connectivity index (χ0v) is 11.1. The molecule has 0 spiro atoms. The molecule has 5 heteroatoms. The maximum Gasteiger partial charge on any atom is 0.204 e. The van der Waals surface area contributed by atoms with E-state index >= 15 is 0 Å². The van der Waals surface area contributed by atoms with Crippen LogP contribution in [0.5, 0.6) is 17.2 Å². The molecule has 1 aromatic heterocycles. The molecule has 0 bridgehead atoms. The normalized spacial score (nSPS) is 10.5. The van der Waals surface area contributed by atoms with Gasteiger partial charge in [0.05, 0.1) is 5.39 Å². The molecule has 0 fully saturated rings. The van der Waals surface area contributed by atoms with E-state index in [0.717, 1.165) is 11.6 Å². The minimum Gasteiger partial charge on any atom is -0.504 e. The average Bonchev–Trinajstić information content (AvgIpc) is 2.85. The number of aryl methyl sites for hydroxylation is 1. The summed E-state index contributed by atoms with van der Waals surface area (Å²) in [5, 5.41) is 19.2. The van der Waals surface area contributed by atoms with Crippen molar-refractivity contribution in [1.82, 2.24) is 0 Å². The molecule has 4 nitrogen and oxygen atoms in total. The van der Waals surface area contributed by atoms with Crippen molar-refractivity contribution < 1.29 is 18.7 Å². The fourth-order valence-corrected chi connectivity index (χ4v) is 2.07. The van der Waals surface area contributed by atoms with E-state index in [9.17, 15) is 9.50 Å². The maximum absolute atomic E-state index is 13.0. The Morgan fingerprint density at radius 2 is 2.00 bits per heavy atom. The van der Waals surface area contributed by atoms with Gasteiger partial charge in [-0.15, -0.1) is 0 Å². The van der Waals surface area contributed by atoms with Crippen LogP contribution in [0.1, 0.15) is 11.3 Å². The molecule has 0 radical (unpaired) electrons. The largest absolute Gasteiger partial charge is 0.504 e. The smallest absolute Gasteiger partial charge is 0.204 e. The van der Waals surface area contributed by atoms with Gasteiger partial charge in [-0.05, 0) is 36.8 Å². The summed E-state index contributed by atoms with van der Waals surface area (Å²) in [4.78, 5) is 0. The molecule has 104 valence electrons. The molecule has 0 saturated heterocycles. The van der Waals surface area contributed by atoms with Crippen LogP contribution in [0.3, 0.4) is 0 Å². The molecule has 0 saturated carbocycles. The van der Waals surface area contributed by atoms with Crippen molar-refractivity contribution in [3.05, 3.63) is 53.5 Å². The van der Waals surface area contributed by atoms with Gasteiger partial charge in [-0.3, -0.25) is 0 Å². The molecule has 0 aliphatic heterocycles. The Hall–Kier alpha value is -3.00. The van der Waals surface area contributed by atoms with E-state index in [0.29, 0.717) is 16.7 Å². The first-order valence-corrected chi connectivity index (χ1v) is 6.17. The minimum absolute atomic E-state index is 0.128. The fourth-order valence-electron chi connectivity index (χ4n) is 2.07. The number of benzene rings is 2. The van der Waals surface area contributed by atoms with Crippen LogP contribution in [0.15, 0.2) is 40.8 Å². The summed E-state index contributed by atoms with van der Waals surface area (Å²) in [7, 11) is 0. The maximum atomic E-state index is 13.0. The van der Waals surface area contributed by atoms with Crippen molar-refractivity contribution in [1.29, 1.82) is 5.26 Å². The van der Waals surface area contributed by atoms with Crippen molar-refractivity contribution in [3.8, 4) is 23.3 Å². The zero-order valence-electron chi connectivity index (χ0n) is 11.1. The lowest BCUT2D eigenvalue weighted by Gasteiger charge is -2.09. The van der Waals surface area contributed by atoms with E-state index in [1.807, 2.05) is 13.0 Å².